The number of benzene rings is 1. The molecule has 0 unspecified atom stereocenters. The number of anilines is 1. The summed E-state index contributed by atoms with van der Waals surface area (Å²) in [5.41, 5.74) is 0.427. The fraction of sp³-hybridized carbons (Fsp3) is 0.467. The van der Waals surface area contributed by atoms with Gasteiger partial charge in [-0.1, -0.05) is 0 Å². The predicted molar refractivity (Wildman–Crippen MR) is 79.0 cm³/mol. The molecule has 0 radical (unpaired) electrons. The first-order valence-electron chi connectivity index (χ1n) is 6.85. The fourth-order valence-corrected chi connectivity index (χ4v) is 2.62. The fourth-order valence-electron chi connectivity index (χ4n) is 2.62. The van der Waals surface area contributed by atoms with Crippen molar-refractivity contribution in [3.63, 3.8) is 0 Å². The second kappa shape index (κ2) is 5.63. The number of hydrogen-bond acceptors (Lipinski definition) is 3. The van der Waals surface area contributed by atoms with Gasteiger partial charge in [0.05, 0.1) is 7.11 Å². The number of ether oxygens (including phenoxy) is 1. The molecule has 6 nitrogen and oxygen atoms in total. The van der Waals surface area contributed by atoms with Gasteiger partial charge in [-0.2, -0.15) is 0 Å². The molecule has 0 atom stereocenters. The van der Waals surface area contributed by atoms with E-state index in [9.17, 15) is 9.59 Å². The average molecular weight is 292 g/mol. The summed E-state index contributed by atoms with van der Waals surface area (Å²) in [5, 5.41) is 11.8. The lowest BCUT2D eigenvalue weighted by Gasteiger charge is -2.31. The Balaban J connectivity index is 2.16. The number of nitrogens with one attached hydrogen (secondary N) is 1. The number of carboxylic acid groups (broad SMARTS) is 1. The highest BCUT2D eigenvalue weighted by Crippen LogP contribution is 2.29. The summed E-state index contributed by atoms with van der Waals surface area (Å²) >= 11 is 0. The number of hydrogen-bond donors (Lipinski definition) is 2. The Labute approximate surface area is 123 Å². The van der Waals surface area contributed by atoms with Crippen molar-refractivity contribution in [1.82, 2.24) is 4.90 Å². The van der Waals surface area contributed by atoms with Gasteiger partial charge in [-0.25, -0.2) is 9.59 Å². The molecule has 0 aliphatic carbocycles. The van der Waals surface area contributed by atoms with E-state index in [0.717, 1.165) is 19.4 Å². The third-order valence-electron chi connectivity index (χ3n) is 3.83. The second-order valence-corrected chi connectivity index (χ2v) is 5.72. The Morgan fingerprint density at radius 3 is 2.62 bits per heavy atom. The van der Waals surface area contributed by atoms with Crippen LogP contribution in [0.1, 0.15) is 37.0 Å². The molecule has 0 aromatic heterocycles. The van der Waals surface area contributed by atoms with Crippen molar-refractivity contribution in [1.29, 1.82) is 0 Å². The number of likely N-dealkylation sites (tertiary alicyclic amines) is 1. The van der Waals surface area contributed by atoms with E-state index in [1.54, 1.807) is 11.0 Å². The van der Waals surface area contributed by atoms with Crippen molar-refractivity contribution in [3.8, 4) is 5.75 Å². The van der Waals surface area contributed by atoms with Crippen LogP contribution in [0.25, 0.3) is 0 Å². The molecular formula is C15H20N2O4. The molecule has 1 aromatic carbocycles. The normalized spacial score (nSPS) is 16.6. The number of amides is 2. The van der Waals surface area contributed by atoms with Crippen LogP contribution < -0.4 is 10.1 Å². The molecule has 0 saturated carbocycles. The van der Waals surface area contributed by atoms with Crippen LogP contribution in [0.3, 0.4) is 0 Å². The highest BCUT2D eigenvalue weighted by Gasteiger charge is 2.35. The van der Waals surface area contributed by atoms with Crippen LogP contribution in [0.5, 0.6) is 5.75 Å². The van der Waals surface area contributed by atoms with Crippen molar-refractivity contribution < 1.29 is 19.4 Å². The number of carboxylic acids is 1. The van der Waals surface area contributed by atoms with Gasteiger partial charge in [-0.15, -0.1) is 0 Å². The molecule has 1 heterocycles. The van der Waals surface area contributed by atoms with E-state index in [1.807, 2.05) is 13.8 Å². The molecule has 0 spiro atoms. The lowest BCUT2D eigenvalue weighted by Crippen LogP contribution is -2.44. The van der Waals surface area contributed by atoms with Gasteiger partial charge in [0.15, 0.2) is 0 Å². The maximum atomic E-state index is 12.3. The zero-order chi connectivity index (χ0) is 15.6. The van der Waals surface area contributed by atoms with E-state index in [1.165, 1.54) is 19.2 Å². The van der Waals surface area contributed by atoms with Crippen molar-refractivity contribution in [2.45, 2.75) is 32.2 Å². The van der Waals surface area contributed by atoms with E-state index >= 15 is 0 Å². The third-order valence-corrected chi connectivity index (χ3v) is 3.83. The molecule has 114 valence electrons. The van der Waals surface area contributed by atoms with Crippen molar-refractivity contribution in [2.75, 3.05) is 19.0 Å². The van der Waals surface area contributed by atoms with Gasteiger partial charge in [-0.3, -0.25) is 0 Å². The third kappa shape index (κ3) is 3.09. The average Bonchev–Trinajstić information content (AvgIpc) is 2.77. The largest absolute Gasteiger partial charge is 0.496 e. The van der Waals surface area contributed by atoms with E-state index in [2.05, 4.69) is 5.32 Å². The van der Waals surface area contributed by atoms with Gasteiger partial charge in [0.1, 0.15) is 11.3 Å². The minimum atomic E-state index is -1.06. The smallest absolute Gasteiger partial charge is 0.339 e. The second-order valence-electron chi connectivity index (χ2n) is 5.72. The summed E-state index contributed by atoms with van der Waals surface area (Å²) in [7, 11) is 1.40. The Bertz CT molecular complexity index is 569. The summed E-state index contributed by atoms with van der Waals surface area (Å²) in [6.45, 7) is 4.80. The highest BCUT2D eigenvalue weighted by molar-refractivity contribution is 5.94. The molecule has 2 amide bonds. The summed E-state index contributed by atoms with van der Waals surface area (Å²) in [5.74, 6) is -0.841. The van der Waals surface area contributed by atoms with Gasteiger partial charge < -0.3 is 20.1 Å². The van der Waals surface area contributed by atoms with E-state index in [-0.39, 0.29) is 22.9 Å². The minimum absolute atomic E-state index is 0.0667. The van der Waals surface area contributed by atoms with Crippen molar-refractivity contribution in [2.24, 2.45) is 0 Å². The molecule has 2 N–H and O–H groups in total. The first-order chi connectivity index (χ1) is 9.85. The standard InChI is InChI=1S/C15H20N2O4/c1-15(2)7-4-8-17(15)14(20)16-10-5-6-11(13(18)19)12(9-10)21-3/h5-6,9H,4,7-8H2,1-3H3,(H,16,20)(H,18,19). The minimum Gasteiger partial charge on any atom is -0.496 e. The van der Waals surface area contributed by atoms with E-state index in [4.69, 9.17) is 9.84 Å². The molecule has 2 rings (SSSR count). The van der Waals surface area contributed by atoms with Gasteiger partial charge in [0, 0.05) is 23.8 Å². The topological polar surface area (TPSA) is 78.9 Å². The van der Waals surface area contributed by atoms with Gasteiger partial charge in [0.25, 0.3) is 0 Å². The number of aromatic carboxylic acids is 1. The highest BCUT2D eigenvalue weighted by atomic mass is 16.5. The summed E-state index contributed by atoms with van der Waals surface area (Å²) < 4.78 is 5.05. The molecule has 6 heteroatoms. The zero-order valence-electron chi connectivity index (χ0n) is 12.5. The number of rotatable bonds is 3. The molecule has 1 aromatic rings. The van der Waals surface area contributed by atoms with Crippen LogP contribution in [0.4, 0.5) is 10.5 Å². The van der Waals surface area contributed by atoms with Crippen LogP contribution in [0.15, 0.2) is 18.2 Å². The Kier molecular flexibility index (Phi) is 4.06. The van der Waals surface area contributed by atoms with Crippen LogP contribution in [-0.4, -0.2) is 41.2 Å². The monoisotopic (exact) mass is 292 g/mol. The summed E-state index contributed by atoms with van der Waals surface area (Å²) in [6, 6.07) is 4.33. The lowest BCUT2D eigenvalue weighted by atomic mass is 10.0. The quantitative estimate of drug-likeness (QED) is 0.898. The molecule has 21 heavy (non-hydrogen) atoms. The SMILES string of the molecule is COc1cc(NC(=O)N2CCCC2(C)C)ccc1C(=O)O. The maximum absolute atomic E-state index is 12.3. The number of urea groups is 1. The van der Waals surface area contributed by atoms with Crippen molar-refractivity contribution >= 4 is 17.7 Å². The Morgan fingerprint density at radius 1 is 1.38 bits per heavy atom. The van der Waals surface area contributed by atoms with Crippen LogP contribution >= 0.6 is 0 Å². The Hall–Kier alpha value is -2.24. The molecule has 0 bridgehead atoms. The van der Waals surface area contributed by atoms with Crippen molar-refractivity contribution in [3.05, 3.63) is 23.8 Å². The summed E-state index contributed by atoms with van der Waals surface area (Å²) in [6.07, 6.45) is 1.96. The number of carbonyl (C=O) groups is 2. The lowest BCUT2D eigenvalue weighted by molar-refractivity contribution is 0.0693. The van der Waals surface area contributed by atoms with E-state index < -0.39 is 5.97 Å². The Morgan fingerprint density at radius 2 is 2.10 bits per heavy atom. The van der Waals surface area contributed by atoms with Gasteiger partial charge >= 0.3 is 12.0 Å². The van der Waals surface area contributed by atoms with E-state index in [0.29, 0.717) is 5.69 Å². The van der Waals surface area contributed by atoms with Crippen LogP contribution in [-0.2, 0) is 0 Å². The molecule has 1 fully saturated rings. The zero-order valence-corrected chi connectivity index (χ0v) is 12.5. The first-order valence-corrected chi connectivity index (χ1v) is 6.85. The van der Waals surface area contributed by atoms with Crippen LogP contribution in [0.2, 0.25) is 0 Å². The van der Waals surface area contributed by atoms with Gasteiger partial charge in [-0.05, 0) is 38.8 Å². The molecule has 1 aliphatic heterocycles. The first kappa shape index (κ1) is 15.2. The predicted octanol–water partition coefficient (Wildman–Crippen LogP) is 2.80. The molecular weight excluding hydrogens is 272 g/mol. The van der Waals surface area contributed by atoms with Crippen LogP contribution in [0, 0.1) is 0 Å². The number of nitrogens with zero attached hydrogens (tertiary/aromatic N) is 1. The number of carbonyl (C=O) groups excluding carboxylic acids is 1. The molecule has 1 saturated heterocycles. The number of methoxy groups -OCH3 is 1. The maximum Gasteiger partial charge on any atom is 0.339 e. The summed E-state index contributed by atoms with van der Waals surface area (Å²) in [4.78, 5) is 25.1. The molecule has 1 aliphatic rings. The van der Waals surface area contributed by atoms with Gasteiger partial charge in [0.2, 0.25) is 0 Å².